The molecule has 1 nitrogen and oxygen atoms in total. The third-order valence-electron chi connectivity index (χ3n) is 0.863. The molecular weight excluding hydrogens is 118 g/mol. The Kier molecular flexibility index (Phi) is 2.41. The first kappa shape index (κ1) is 7.89. The zero-order chi connectivity index (χ0) is 6.78. The van der Waals surface area contributed by atoms with Crippen LogP contribution in [0.25, 0.3) is 0 Å². The van der Waals surface area contributed by atoms with Crippen LogP contribution in [0.3, 0.4) is 0 Å². The Morgan fingerprint density at radius 1 is 1.38 bits per heavy atom. The molecule has 0 amide bonds. The van der Waals surface area contributed by atoms with Gasteiger partial charge >= 0.3 is 0 Å². The molecule has 1 atom stereocenters. The van der Waals surface area contributed by atoms with Gasteiger partial charge in [0.15, 0.2) is 0 Å². The standard InChI is InChI=1S/C6H13NS/c1-6(2,3)8(5)7-4/h4-5H2,1-3H3. The van der Waals surface area contributed by atoms with E-state index in [0.29, 0.717) is 0 Å². The van der Waals surface area contributed by atoms with Gasteiger partial charge in [-0.05, 0) is 27.5 Å². The quantitative estimate of drug-likeness (QED) is 0.382. The Balaban J connectivity index is 4.02. The number of rotatable bonds is 1. The van der Waals surface area contributed by atoms with Crippen LogP contribution in [0.15, 0.2) is 4.40 Å². The molecule has 0 N–H and O–H groups in total. The fraction of sp³-hybridized carbons (Fsp3) is 0.667. The highest BCUT2D eigenvalue weighted by atomic mass is 32.2. The Bertz CT molecular complexity index is 110. The maximum atomic E-state index is 3.83. The van der Waals surface area contributed by atoms with Crippen LogP contribution < -0.4 is 0 Å². The highest BCUT2D eigenvalue weighted by Crippen LogP contribution is 2.29. The molecule has 0 fully saturated rings. The van der Waals surface area contributed by atoms with Crippen LogP contribution in [0.2, 0.25) is 0 Å². The van der Waals surface area contributed by atoms with E-state index in [2.05, 4.69) is 37.8 Å². The van der Waals surface area contributed by atoms with Crippen LogP contribution in [-0.4, -0.2) is 17.3 Å². The van der Waals surface area contributed by atoms with Crippen LogP contribution in [0, 0.1) is 0 Å². The molecule has 1 unspecified atom stereocenters. The summed E-state index contributed by atoms with van der Waals surface area (Å²) in [6, 6.07) is 0. The van der Waals surface area contributed by atoms with Crippen molar-refractivity contribution in [3.63, 3.8) is 0 Å². The molecule has 0 heterocycles. The number of hydrogen-bond donors (Lipinski definition) is 0. The topological polar surface area (TPSA) is 12.4 Å². The largest absolute Gasteiger partial charge is 0.240 e. The first-order chi connectivity index (χ1) is 3.48. The predicted octanol–water partition coefficient (Wildman–Crippen LogP) is 2.10. The smallest absolute Gasteiger partial charge is 0.0220 e. The third-order valence-corrected chi connectivity index (χ3v) is 2.59. The summed E-state index contributed by atoms with van der Waals surface area (Å²) in [5, 5.41) is 0. The van der Waals surface area contributed by atoms with Gasteiger partial charge in [-0.3, -0.25) is 0 Å². The average molecular weight is 131 g/mol. The third kappa shape index (κ3) is 2.26. The van der Waals surface area contributed by atoms with E-state index in [9.17, 15) is 0 Å². The SMILES string of the molecule is C=NS(=C)C(C)(C)C. The summed E-state index contributed by atoms with van der Waals surface area (Å²) in [6.07, 6.45) is 0. The zero-order valence-corrected chi connectivity index (χ0v) is 6.59. The number of nitrogens with zero attached hydrogens (tertiary/aromatic N) is 1. The summed E-state index contributed by atoms with van der Waals surface area (Å²) >= 11 is 0. The molecule has 0 radical (unpaired) electrons. The van der Waals surface area contributed by atoms with Gasteiger partial charge in [-0.1, -0.05) is 16.5 Å². The lowest BCUT2D eigenvalue weighted by atomic mass is 10.3. The van der Waals surface area contributed by atoms with Crippen molar-refractivity contribution in [2.75, 3.05) is 0 Å². The fourth-order valence-corrected chi connectivity index (χ4v) is 0.581. The lowest BCUT2D eigenvalue weighted by molar-refractivity contribution is 0.803. The molecule has 0 spiro atoms. The van der Waals surface area contributed by atoms with E-state index < -0.39 is 0 Å². The van der Waals surface area contributed by atoms with Gasteiger partial charge in [0.25, 0.3) is 0 Å². The van der Waals surface area contributed by atoms with Crippen molar-refractivity contribution in [1.82, 2.24) is 0 Å². The van der Waals surface area contributed by atoms with Crippen molar-refractivity contribution >= 4 is 23.3 Å². The Labute approximate surface area is 53.9 Å². The number of hydrogen-bond acceptors (Lipinski definition) is 1. The van der Waals surface area contributed by atoms with E-state index in [0.717, 1.165) is 0 Å². The molecule has 0 rings (SSSR count). The van der Waals surface area contributed by atoms with E-state index in [4.69, 9.17) is 0 Å². The molecule has 0 aliphatic heterocycles. The van der Waals surface area contributed by atoms with Gasteiger partial charge in [-0.25, -0.2) is 4.40 Å². The monoisotopic (exact) mass is 131 g/mol. The van der Waals surface area contributed by atoms with Gasteiger partial charge < -0.3 is 0 Å². The van der Waals surface area contributed by atoms with Gasteiger partial charge in [0.05, 0.1) is 0 Å². The lowest BCUT2D eigenvalue weighted by Crippen LogP contribution is -2.07. The van der Waals surface area contributed by atoms with Crippen LogP contribution in [0.5, 0.6) is 0 Å². The second kappa shape index (κ2) is 2.44. The second-order valence-corrected chi connectivity index (χ2v) is 4.82. The first-order valence-corrected chi connectivity index (χ1v) is 3.84. The van der Waals surface area contributed by atoms with Crippen molar-refractivity contribution in [2.24, 2.45) is 4.40 Å². The molecule has 0 bridgehead atoms. The second-order valence-electron chi connectivity index (χ2n) is 2.61. The minimum absolute atomic E-state index is 0.130. The van der Waals surface area contributed by atoms with Crippen molar-refractivity contribution in [1.29, 1.82) is 0 Å². The molecule has 0 aliphatic carbocycles. The van der Waals surface area contributed by atoms with Gasteiger partial charge in [0.1, 0.15) is 0 Å². The maximum absolute atomic E-state index is 3.83. The van der Waals surface area contributed by atoms with E-state index in [1.165, 1.54) is 0 Å². The summed E-state index contributed by atoms with van der Waals surface area (Å²) in [7, 11) is -0.130. The summed E-state index contributed by atoms with van der Waals surface area (Å²) < 4.78 is 4.02. The molecule has 0 saturated heterocycles. The molecular formula is C6H13NS. The first-order valence-electron chi connectivity index (χ1n) is 2.49. The zero-order valence-electron chi connectivity index (χ0n) is 5.77. The van der Waals surface area contributed by atoms with Gasteiger partial charge in [-0.15, -0.1) is 0 Å². The highest BCUT2D eigenvalue weighted by molar-refractivity contribution is 8.14. The van der Waals surface area contributed by atoms with E-state index in [1.54, 1.807) is 0 Å². The Morgan fingerprint density at radius 3 is 1.75 bits per heavy atom. The Morgan fingerprint density at radius 2 is 1.75 bits per heavy atom. The van der Waals surface area contributed by atoms with Gasteiger partial charge in [0.2, 0.25) is 0 Å². The van der Waals surface area contributed by atoms with Gasteiger partial charge in [0, 0.05) is 4.75 Å². The van der Waals surface area contributed by atoms with E-state index in [1.807, 2.05) is 0 Å². The summed E-state index contributed by atoms with van der Waals surface area (Å²) in [5.41, 5.74) is 0. The average Bonchev–Trinajstić information content (AvgIpc) is 1.62. The van der Waals surface area contributed by atoms with Crippen LogP contribution in [0.1, 0.15) is 20.8 Å². The minimum atomic E-state index is -0.130. The van der Waals surface area contributed by atoms with Crippen LogP contribution in [-0.2, 0) is 0 Å². The van der Waals surface area contributed by atoms with Crippen LogP contribution >= 0.6 is 10.7 Å². The molecule has 0 aliphatic rings. The summed E-state index contributed by atoms with van der Waals surface area (Å²) in [5.74, 6) is 3.83. The predicted molar refractivity (Wildman–Crippen MR) is 44.0 cm³/mol. The molecule has 2 heteroatoms. The normalized spacial score (nSPS) is 15.4. The molecule has 8 heavy (non-hydrogen) atoms. The van der Waals surface area contributed by atoms with E-state index in [-0.39, 0.29) is 15.4 Å². The maximum Gasteiger partial charge on any atom is 0.0220 e. The Hall–Kier alpha value is -0.110. The molecule has 0 aromatic heterocycles. The minimum Gasteiger partial charge on any atom is -0.240 e. The van der Waals surface area contributed by atoms with Crippen molar-refractivity contribution in [3.8, 4) is 0 Å². The van der Waals surface area contributed by atoms with Crippen molar-refractivity contribution in [2.45, 2.75) is 25.5 Å². The summed E-state index contributed by atoms with van der Waals surface area (Å²) in [6.45, 7) is 9.75. The van der Waals surface area contributed by atoms with Crippen molar-refractivity contribution < 1.29 is 0 Å². The molecule has 0 saturated carbocycles. The molecule has 48 valence electrons. The molecule has 0 aromatic carbocycles. The molecule has 0 aromatic rings. The highest BCUT2D eigenvalue weighted by Gasteiger charge is 2.10. The van der Waals surface area contributed by atoms with Crippen molar-refractivity contribution in [3.05, 3.63) is 0 Å². The fourth-order valence-electron chi connectivity index (χ4n) is 0.194. The van der Waals surface area contributed by atoms with E-state index >= 15 is 0 Å². The lowest BCUT2D eigenvalue weighted by Gasteiger charge is -2.17. The summed E-state index contributed by atoms with van der Waals surface area (Å²) in [4.78, 5) is 0. The van der Waals surface area contributed by atoms with Crippen LogP contribution in [0.4, 0.5) is 0 Å². The van der Waals surface area contributed by atoms with Gasteiger partial charge in [-0.2, -0.15) is 0 Å².